The van der Waals surface area contributed by atoms with E-state index in [1.165, 1.54) is 14.7 Å². The van der Waals surface area contributed by atoms with E-state index in [0.717, 1.165) is 0 Å². The molecule has 0 radical (unpaired) electrons. The van der Waals surface area contributed by atoms with Crippen molar-refractivity contribution >= 4 is 28.0 Å². The van der Waals surface area contributed by atoms with Crippen molar-refractivity contribution in [2.75, 3.05) is 13.0 Å². The molecule has 1 aromatic heterocycles. The predicted octanol–water partition coefficient (Wildman–Crippen LogP) is 1.48. The van der Waals surface area contributed by atoms with Gasteiger partial charge in [0.25, 0.3) is 15.6 Å². The maximum absolute atomic E-state index is 12.3. The van der Waals surface area contributed by atoms with Crippen LogP contribution in [0.3, 0.4) is 0 Å². The molecular formula is C10H18N2O3P2S. The predicted molar refractivity (Wildman–Crippen MR) is 78.9 cm³/mol. The van der Waals surface area contributed by atoms with Gasteiger partial charge in [0.1, 0.15) is 4.90 Å². The van der Waals surface area contributed by atoms with Crippen molar-refractivity contribution in [3.8, 4) is 0 Å². The Kier molecular flexibility index (Phi) is 5.47. The van der Waals surface area contributed by atoms with Gasteiger partial charge in [-0.1, -0.05) is 0 Å². The Labute approximate surface area is 112 Å². The summed E-state index contributed by atoms with van der Waals surface area (Å²) in [5, 5.41) is 0. The lowest BCUT2D eigenvalue weighted by Crippen LogP contribution is -2.32. The van der Waals surface area contributed by atoms with Crippen LogP contribution in [0.15, 0.2) is 28.0 Å². The minimum Gasteiger partial charge on any atom is -0.312 e. The lowest BCUT2D eigenvalue weighted by Gasteiger charge is -2.18. The van der Waals surface area contributed by atoms with Crippen LogP contribution in [0.2, 0.25) is 0 Å². The number of aromatic nitrogens is 1. The van der Waals surface area contributed by atoms with Gasteiger partial charge in [-0.25, -0.2) is 8.42 Å². The van der Waals surface area contributed by atoms with Crippen molar-refractivity contribution in [3.63, 3.8) is 0 Å². The Hall–Kier alpha value is -0.280. The van der Waals surface area contributed by atoms with Gasteiger partial charge in [0, 0.05) is 18.5 Å². The molecule has 0 fully saturated rings. The van der Waals surface area contributed by atoms with Gasteiger partial charge in [-0.3, -0.25) is 4.79 Å². The molecule has 8 heteroatoms. The van der Waals surface area contributed by atoms with Gasteiger partial charge in [-0.05, 0) is 41.4 Å². The zero-order valence-corrected chi connectivity index (χ0v) is 13.6. The van der Waals surface area contributed by atoms with Gasteiger partial charge in [-0.2, -0.15) is 4.08 Å². The molecular weight excluding hydrogens is 290 g/mol. The average Bonchev–Trinajstić information content (AvgIpc) is 2.29. The Bertz CT molecular complexity index is 565. The van der Waals surface area contributed by atoms with E-state index in [-0.39, 0.29) is 26.0 Å². The summed E-state index contributed by atoms with van der Waals surface area (Å²) in [7, 11) is -1.24. The van der Waals surface area contributed by atoms with Crippen LogP contribution in [0, 0.1) is 0 Å². The molecule has 0 bridgehead atoms. The van der Waals surface area contributed by atoms with Gasteiger partial charge in [0.2, 0.25) is 0 Å². The van der Waals surface area contributed by atoms with E-state index < -0.39 is 15.6 Å². The largest absolute Gasteiger partial charge is 0.312 e. The normalized spacial score (nSPS) is 13.0. The molecule has 0 N–H and O–H groups in total. The summed E-state index contributed by atoms with van der Waals surface area (Å²) < 4.78 is 27.3. The fourth-order valence-corrected chi connectivity index (χ4v) is 5.11. The molecule has 1 aromatic rings. The van der Waals surface area contributed by atoms with Crippen molar-refractivity contribution in [1.29, 1.82) is 0 Å². The van der Waals surface area contributed by atoms with Crippen LogP contribution in [0.1, 0.15) is 19.9 Å². The number of pyridine rings is 1. The first-order chi connectivity index (χ1) is 8.36. The number of hydrogen-bond donors (Lipinski definition) is 0. The summed E-state index contributed by atoms with van der Waals surface area (Å²) in [5.41, 5.74) is -0.464. The maximum Gasteiger partial charge on any atom is 0.271 e. The van der Waals surface area contributed by atoms with Crippen LogP contribution < -0.4 is 5.56 Å². The van der Waals surface area contributed by atoms with Crippen molar-refractivity contribution in [2.24, 2.45) is 0 Å². The molecule has 1 heterocycles. The standard InChI is InChI=1S/C10H18N2O3P2S/c1-8(2)11-6-4-5-9(10(11)13)18(14,15)12(7-16)17-3/h4-6,8,17H,7,16H2,1-3H3. The number of hydrogen-bond acceptors (Lipinski definition) is 3. The van der Waals surface area contributed by atoms with Crippen molar-refractivity contribution in [3.05, 3.63) is 28.7 Å². The molecule has 1 rings (SSSR count). The molecule has 5 nitrogen and oxygen atoms in total. The number of nitrogens with zero attached hydrogens (tertiary/aromatic N) is 2. The van der Waals surface area contributed by atoms with E-state index in [0.29, 0.717) is 0 Å². The minimum atomic E-state index is -3.70. The van der Waals surface area contributed by atoms with E-state index in [2.05, 4.69) is 9.24 Å². The molecule has 0 saturated carbocycles. The fourth-order valence-electron chi connectivity index (χ4n) is 1.52. The highest BCUT2D eigenvalue weighted by Gasteiger charge is 2.25. The quantitative estimate of drug-likeness (QED) is 0.774. The summed E-state index contributed by atoms with van der Waals surface area (Å²) in [6.07, 6.45) is 1.89. The Balaban J connectivity index is 3.43. The lowest BCUT2D eigenvalue weighted by molar-refractivity contribution is 0.543. The summed E-state index contributed by atoms with van der Waals surface area (Å²) in [5.74, 6) is 0. The van der Waals surface area contributed by atoms with Crippen molar-refractivity contribution in [1.82, 2.24) is 8.64 Å². The first-order valence-corrected chi connectivity index (χ1v) is 9.18. The number of rotatable bonds is 5. The Morgan fingerprint density at radius 3 is 2.56 bits per heavy atom. The highest BCUT2D eigenvalue weighted by molar-refractivity contribution is 7.93. The molecule has 0 aliphatic heterocycles. The van der Waals surface area contributed by atoms with Gasteiger partial charge >= 0.3 is 0 Å². The van der Waals surface area contributed by atoms with Crippen LogP contribution in [0.25, 0.3) is 0 Å². The summed E-state index contributed by atoms with van der Waals surface area (Å²) in [6, 6.07) is 2.89. The second-order valence-corrected chi connectivity index (χ2v) is 7.45. The maximum atomic E-state index is 12.3. The average molecular weight is 308 g/mol. The highest BCUT2D eigenvalue weighted by atomic mass is 32.2. The second kappa shape index (κ2) is 6.25. The van der Waals surface area contributed by atoms with Gasteiger partial charge in [-0.15, -0.1) is 9.24 Å². The van der Waals surface area contributed by atoms with E-state index in [9.17, 15) is 13.2 Å². The molecule has 102 valence electrons. The molecule has 0 saturated heterocycles. The van der Waals surface area contributed by atoms with E-state index in [4.69, 9.17) is 0 Å². The zero-order chi connectivity index (χ0) is 13.9. The summed E-state index contributed by atoms with van der Waals surface area (Å²) in [4.78, 5) is 12.0. The molecule has 0 amide bonds. The molecule has 18 heavy (non-hydrogen) atoms. The molecule has 0 spiro atoms. The smallest absolute Gasteiger partial charge is 0.271 e. The van der Waals surface area contributed by atoms with E-state index in [1.807, 2.05) is 13.8 Å². The summed E-state index contributed by atoms with van der Waals surface area (Å²) >= 11 is 0. The zero-order valence-electron chi connectivity index (χ0n) is 10.6. The molecule has 2 unspecified atom stereocenters. The monoisotopic (exact) mass is 308 g/mol. The molecule has 0 aromatic carbocycles. The van der Waals surface area contributed by atoms with Crippen LogP contribution in [-0.4, -0.2) is 30.0 Å². The summed E-state index contributed by atoms with van der Waals surface area (Å²) in [6.45, 7) is 5.45. The third-order valence-electron chi connectivity index (χ3n) is 2.48. The first-order valence-electron chi connectivity index (χ1n) is 5.47. The second-order valence-electron chi connectivity index (χ2n) is 3.94. The van der Waals surface area contributed by atoms with E-state index in [1.54, 1.807) is 18.9 Å². The third-order valence-corrected chi connectivity index (χ3v) is 7.02. The van der Waals surface area contributed by atoms with Crippen molar-refractivity contribution in [2.45, 2.75) is 24.8 Å². The third kappa shape index (κ3) is 3.00. The number of sulfonamides is 1. The first kappa shape index (κ1) is 15.8. The Morgan fingerprint density at radius 1 is 1.50 bits per heavy atom. The molecule has 0 aliphatic carbocycles. The Morgan fingerprint density at radius 2 is 2.11 bits per heavy atom. The molecule has 2 atom stereocenters. The fraction of sp³-hybridized carbons (Fsp3) is 0.500. The van der Waals surface area contributed by atoms with Gasteiger partial charge < -0.3 is 4.57 Å². The van der Waals surface area contributed by atoms with Crippen LogP contribution in [0.5, 0.6) is 0 Å². The van der Waals surface area contributed by atoms with Crippen LogP contribution in [-0.2, 0) is 10.0 Å². The highest BCUT2D eigenvalue weighted by Crippen LogP contribution is 2.24. The van der Waals surface area contributed by atoms with Gasteiger partial charge in [0.15, 0.2) is 0 Å². The SMILES string of the molecule is CPN(CP)S(=O)(=O)c1cccn(C(C)C)c1=O. The topological polar surface area (TPSA) is 59.4 Å². The van der Waals surface area contributed by atoms with Crippen molar-refractivity contribution < 1.29 is 8.42 Å². The van der Waals surface area contributed by atoms with E-state index >= 15 is 0 Å². The van der Waals surface area contributed by atoms with Crippen LogP contribution >= 0.6 is 18.0 Å². The van der Waals surface area contributed by atoms with Crippen LogP contribution in [0.4, 0.5) is 0 Å². The minimum absolute atomic E-state index is 0.0684. The van der Waals surface area contributed by atoms with Gasteiger partial charge in [0.05, 0.1) is 0 Å². The molecule has 0 aliphatic rings. The lowest BCUT2D eigenvalue weighted by atomic mass is 10.3.